The number of hydrogen-bond acceptors (Lipinski definition) is 3. The van der Waals surface area contributed by atoms with Gasteiger partial charge in [0.1, 0.15) is 5.82 Å². The molecule has 4 nitrogen and oxygen atoms in total. The molecule has 1 N–H and O–H groups in total. The number of nitrogens with one attached hydrogen (secondary N) is 1. The Morgan fingerprint density at radius 3 is 2.74 bits per heavy atom. The summed E-state index contributed by atoms with van der Waals surface area (Å²) in [6.45, 7) is 11.0. The molecule has 0 radical (unpaired) electrons. The predicted molar refractivity (Wildman–Crippen MR) is 97.0 cm³/mol. The number of likely N-dealkylation sites (N-methyl/N-ethyl adjacent to an activating group) is 1. The van der Waals surface area contributed by atoms with Crippen LogP contribution < -0.4 is 5.32 Å². The standard InChI is InChI=1S/C19H30N4/c1-3-20-10-9-19-21-17-15-16(2)7-8-18(17)23(19)14-13-22-11-5-4-6-12-22/h7-8,15,20H,3-6,9-14H2,1-2H3. The van der Waals surface area contributed by atoms with E-state index in [9.17, 15) is 0 Å². The number of benzene rings is 1. The molecular formula is C19H30N4. The minimum Gasteiger partial charge on any atom is -0.327 e. The van der Waals surface area contributed by atoms with Crippen LogP contribution in [0.2, 0.25) is 0 Å². The maximum atomic E-state index is 4.91. The maximum absolute atomic E-state index is 4.91. The molecule has 23 heavy (non-hydrogen) atoms. The molecule has 1 aliphatic heterocycles. The monoisotopic (exact) mass is 314 g/mol. The Balaban J connectivity index is 1.77. The first-order valence-corrected chi connectivity index (χ1v) is 9.17. The van der Waals surface area contributed by atoms with Gasteiger partial charge < -0.3 is 14.8 Å². The number of imidazole rings is 1. The van der Waals surface area contributed by atoms with E-state index in [1.807, 2.05) is 0 Å². The molecule has 4 heteroatoms. The largest absolute Gasteiger partial charge is 0.327 e. The average Bonchev–Trinajstić information content (AvgIpc) is 2.90. The molecule has 1 aromatic heterocycles. The number of nitrogens with zero attached hydrogens (tertiary/aromatic N) is 3. The fourth-order valence-corrected chi connectivity index (χ4v) is 3.53. The molecule has 0 aliphatic carbocycles. The number of aryl methyl sites for hydroxylation is 1. The van der Waals surface area contributed by atoms with Gasteiger partial charge in [-0.2, -0.15) is 0 Å². The second kappa shape index (κ2) is 7.93. The molecule has 126 valence electrons. The lowest BCUT2D eigenvalue weighted by molar-refractivity contribution is 0.221. The quantitative estimate of drug-likeness (QED) is 0.798. The fraction of sp³-hybridized carbons (Fsp3) is 0.632. The van der Waals surface area contributed by atoms with Crippen molar-refractivity contribution >= 4 is 11.0 Å². The first-order valence-electron chi connectivity index (χ1n) is 9.17. The zero-order chi connectivity index (χ0) is 16.1. The molecule has 2 aromatic rings. The Bertz CT molecular complexity index is 626. The summed E-state index contributed by atoms with van der Waals surface area (Å²) in [4.78, 5) is 7.52. The van der Waals surface area contributed by atoms with E-state index in [1.54, 1.807) is 0 Å². The third kappa shape index (κ3) is 4.12. The number of piperidine rings is 1. The van der Waals surface area contributed by atoms with Crippen molar-refractivity contribution in [2.45, 2.75) is 46.1 Å². The van der Waals surface area contributed by atoms with Gasteiger partial charge in [-0.15, -0.1) is 0 Å². The van der Waals surface area contributed by atoms with E-state index in [2.05, 4.69) is 46.8 Å². The van der Waals surface area contributed by atoms with Crippen LogP contribution in [0.25, 0.3) is 11.0 Å². The van der Waals surface area contributed by atoms with Gasteiger partial charge in [0.15, 0.2) is 0 Å². The molecule has 0 amide bonds. The van der Waals surface area contributed by atoms with Gasteiger partial charge >= 0.3 is 0 Å². The SMILES string of the molecule is CCNCCc1nc2cc(C)ccc2n1CCN1CCCCC1. The lowest BCUT2D eigenvalue weighted by Crippen LogP contribution is -2.33. The molecule has 1 aromatic carbocycles. The Morgan fingerprint density at radius 1 is 1.13 bits per heavy atom. The highest BCUT2D eigenvalue weighted by molar-refractivity contribution is 5.76. The van der Waals surface area contributed by atoms with Crippen molar-refractivity contribution in [3.05, 3.63) is 29.6 Å². The number of aromatic nitrogens is 2. The Morgan fingerprint density at radius 2 is 1.96 bits per heavy atom. The molecular weight excluding hydrogens is 284 g/mol. The van der Waals surface area contributed by atoms with E-state index in [1.165, 1.54) is 49.3 Å². The van der Waals surface area contributed by atoms with E-state index in [4.69, 9.17) is 4.98 Å². The molecule has 1 aliphatic rings. The molecule has 1 saturated heterocycles. The topological polar surface area (TPSA) is 33.1 Å². The van der Waals surface area contributed by atoms with Gasteiger partial charge in [-0.25, -0.2) is 4.98 Å². The van der Waals surface area contributed by atoms with Crippen LogP contribution in [0, 0.1) is 6.92 Å². The lowest BCUT2D eigenvalue weighted by atomic mass is 10.1. The van der Waals surface area contributed by atoms with Crippen molar-refractivity contribution in [3.8, 4) is 0 Å². The third-order valence-electron chi connectivity index (χ3n) is 4.85. The van der Waals surface area contributed by atoms with Crippen LogP contribution in [0.1, 0.15) is 37.6 Å². The van der Waals surface area contributed by atoms with Gasteiger partial charge in [0.05, 0.1) is 11.0 Å². The molecule has 0 saturated carbocycles. The number of hydrogen-bond donors (Lipinski definition) is 1. The van der Waals surface area contributed by atoms with E-state index < -0.39 is 0 Å². The minimum absolute atomic E-state index is 1.00. The zero-order valence-electron chi connectivity index (χ0n) is 14.6. The molecule has 2 heterocycles. The highest BCUT2D eigenvalue weighted by Crippen LogP contribution is 2.19. The Hall–Kier alpha value is -1.39. The molecule has 3 rings (SSSR count). The van der Waals surface area contributed by atoms with Gasteiger partial charge in [-0.05, 0) is 57.1 Å². The van der Waals surface area contributed by atoms with Crippen LogP contribution in [0.5, 0.6) is 0 Å². The molecule has 0 spiro atoms. The maximum Gasteiger partial charge on any atom is 0.111 e. The summed E-state index contributed by atoms with van der Waals surface area (Å²) in [5.74, 6) is 1.23. The number of likely N-dealkylation sites (tertiary alicyclic amines) is 1. The summed E-state index contributed by atoms with van der Waals surface area (Å²) in [5, 5.41) is 3.42. The normalized spacial score (nSPS) is 16.3. The third-order valence-corrected chi connectivity index (χ3v) is 4.85. The van der Waals surface area contributed by atoms with Crippen molar-refractivity contribution in [2.24, 2.45) is 0 Å². The van der Waals surface area contributed by atoms with Crippen molar-refractivity contribution in [1.82, 2.24) is 19.8 Å². The highest BCUT2D eigenvalue weighted by Gasteiger charge is 2.14. The molecule has 0 atom stereocenters. The second-order valence-corrected chi connectivity index (χ2v) is 6.68. The summed E-state index contributed by atoms with van der Waals surface area (Å²) in [6, 6.07) is 6.66. The van der Waals surface area contributed by atoms with Gasteiger partial charge in [0.2, 0.25) is 0 Å². The van der Waals surface area contributed by atoms with Gasteiger partial charge in [-0.3, -0.25) is 0 Å². The average molecular weight is 314 g/mol. The van der Waals surface area contributed by atoms with Crippen molar-refractivity contribution in [3.63, 3.8) is 0 Å². The smallest absolute Gasteiger partial charge is 0.111 e. The summed E-state index contributed by atoms with van der Waals surface area (Å²) < 4.78 is 2.45. The van der Waals surface area contributed by atoms with Gasteiger partial charge in [0, 0.05) is 26.1 Å². The van der Waals surface area contributed by atoms with Crippen molar-refractivity contribution in [1.29, 1.82) is 0 Å². The van der Waals surface area contributed by atoms with Crippen LogP contribution in [0.15, 0.2) is 18.2 Å². The zero-order valence-corrected chi connectivity index (χ0v) is 14.6. The number of rotatable bonds is 7. The first kappa shape index (κ1) is 16.5. The van der Waals surface area contributed by atoms with E-state index >= 15 is 0 Å². The highest BCUT2D eigenvalue weighted by atomic mass is 15.2. The fourth-order valence-electron chi connectivity index (χ4n) is 3.53. The van der Waals surface area contributed by atoms with Crippen molar-refractivity contribution in [2.75, 3.05) is 32.7 Å². The van der Waals surface area contributed by atoms with Crippen LogP contribution in [-0.2, 0) is 13.0 Å². The van der Waals surface area contributed by atoms with E-state index in [0.717, 1.165) is 38.1 Å². The van der Waals surface area contributed by atoms with Gasteiger partial charge in [0.25, 0.3) is 0 Å². The van der Waals surface area contributed by atoms with Crippen LogP contribution in [0.4, 0.5) is 0 Å². The van der Waals surface area contributed by atoms with Gasteiger partial charge in [-0.1, -0.05) is 19.4 Å². The van der Waals surface area contributed by atoms with Crippen molar-refractivity contribution < 1.29 is 0 Å². The Kier molecular flexibility index (Phi) is 5.68. The summed E-state index contributed by atoms with van der Waals surface area (Å²) in [5.41, 5.74) is 3.73. The summed E-state index contributed by atoms with van der Waals surface area (Å²) in [6.07, 6.45) is 5.12. The molecule has 0 unspecified atom stereocenters. The summed E-state index contributed by atoms with van der Waals surface area (Å²) >= 11 is 0. The van der Waals surface area contributed by atoms with Crippen LogP contribution >= 0.6 is 0 Å². The predicted octanol–water partition coefficient (Wildman–Crippen LogP) is 2.98. The molecule has 0 bridgehead atoms. The minimum atomic E-state index is 1.00. The number of fused-ring (bicyclic) bond motifs is 1. The second-order valence-electron chi connectivity index (χ2n) is 6.68. The Labute approximate surface area is 139 Å². The van der Waals surface area contributed by atoms with E-state index in [0.29, 0.717) is 0 Å². The molecule has 1 fully saturated rings. The first-order chi connectivity index (χ1) is 11.3. The van der Waals surface area contributed by atoms with Crippen LogP contribution in [0.3, 0.4) is 0 Å². The van der Waals surface area contributed by atoms with E-state index in [-0.39, 0.29) is 0 Å². The lowest BCUT2D eigenvalue weighted by Gasteiger charge is -2.26. The van der Waals surface area contributed by atoms with Crippen LogP contribution in [-0.4, -0.2) is 47.2 Å². The summed E-state index contributed by atoms with van der Waals surface area (Å²) in [7, 11) is 0.